The Morgan fingerprint density at radius 2 is 0.644 bits per heavy atom. The molecule has 0 amide bonds. The van der Waals surface area contributed by atoms with Crippen molar-refractivity contribution in [3.63, 3.8) is 0 Å². The molecule has 0 aliphatic heterocycles. The minimum atomic E-state index is 1.11. The lowest BCUT2D eigenvalue weighted by Crippen LogP contribution is -2.10. The molecular weight excluding hydrogens is 542 g/mol. The Balaban J connectivity index is 1.31. The van der Waals surface area contributed by atoms with Gasteiger partial charge in [-0.3, -0.25) is 0 Å². The van der Waals surface area contributed by atoms with Crippen LogP contribution in [0.15, 0.2) is 188 Å². The molecule has 8 aromatic rings. The zero-order valence-corrected chi connectivity index (χ0v) is 24.8. The molecule has 0 aromatic heterocycles. The van der Waals surface area contributed by atoms with Crippen molar-refractivity contribution in [3.8, 4) is 33.4 Å². The number of rotatable bonds is 6. The van der Waals surface area contributed by atoms with E-state index in [9.17, 15) is 0 Å². The van der Waals surface area contributed by atoms with Crippen LogP contribution in [0.1, 0.15) is 0 Å². The highest BCUT2D eigenvalue weighted by Crippen LogP contribution is 2.41. The van der Waals surface area contributed by atoms with Crippen LogP contribution in [-0.2, 0) is 0 Å². The standard InChI is InChI=1S/C44H31N/c1-2-13-32(14-3-1)35-19-8-22-38(29-35)45(39-23-9-20-36(30-39)43-27-11-17-33-15-4-6-25-41(33)43)40-24-10-21-37(31-40)44-28-12-18-34-16-5-7-26-42(34)44/h1-31H. The minimum absolute atomic E-state index is 1.11. The second-order valence-electron chi connectivity index (χ2n) is 11.4. The van der Waals surface area contributed by atoms with Gasteiger partial charge in [0.2, 0.25) is 0 Å². The molecule has 0 aliphatic carbocycles. The fourth-order valence-corrected chi connectivity index (χ4v) is 6.48. The van der Waals surface area contributed by atoms with Crippen molar-refractivity contribution >= 4 is 38.6 Å². The first-order chi connectivity index (χ1) is 22.3. The number of hydrogen-bond donors (Lipinski definition) is 0. The monoisotopic (exact) mass is 573 g/mol. The summed E-state index contributed by atoms with van der Waals surface area (Å²) in [6, 6.07) is 67.7. The molecule has 45 heavy (non-hydrogen) atoms. The zero-order valence-electron chi connectivity index (χ0n) is 24.8. The molecule has 1 nitrogen and oxygen atoms in total. The Morgan fingerprint density at radius 1 is 0.267 bits per heavy atom. The molecule has 0 bridgehead atoms. The van der Waals surface area contributed by atoms with Crippen LogP contribution < -0.4 is 4.90 Å². The van der Waals surface area contributed by atoms with E-state index >= 15 is 0 Å². The maximum atomic E-state index is 2.38. The van der Waals surface area contributed by atoms with E-state index in [0.29, 0.717) is 0 Å². The molecular formula is C44H31N. The molecule has 0 aliphatic rings. The summed E-state index contributed by atoms with van der Waals surface area (Å²) < 4.78 is 0. The van der Waals surface area contributed by atoms with Crippen LogP contribution in [0.3, 0.4) is 0 Å². The predicted octanol–water partition coefficient (Wildman–Crippen LogP) is 12.5. The van der Waals surface area contributed by atoms with Gasteiger partial charge < -0.3 is 4.90 Å². The molecule has 8 rings (SSSR count). The summed E-state index contributed by atoms with van der Waals surface area (Å²) in [7, 11) is 0. The van der Waals surface area contributed by atoms with Crippen molar-refractivity contribution in [2.24, 2.45) is 0 Å². The maximum absolute atomic E-state index is 2.38. The van der Waals surface area contributed by atoms with Crippen LogP contribution in [0.25, 0.3) is 54.9 Å². The third-order valence-corrected chi connectivity index (χ3v) is 8.62. The third kappa shape index (κ3) is 5.15. The molecule has 0 saturated heterocycles. The van der Waals surface area contributed by atoms with Gasteiger partial charge in [0.05, 0.1) is 0 Å². The van der Waals surface area contributed by atoms with E-state index in [4.69, 9.17) is 0 Å². The highest BCUT2D eigenvalue weighted by Gasteiger charge is 2.16. The average molecular weight is 574 g/mol. The van der Waals surface area contributed by atoms with Crippen molar-refractivity contribution in [2.75, 3.05) is 4.90 Å². The lowest BCUT2D eigenvalue weighted by atomic mass is 9.96. The van der Waals surface area contributed by atoms with Gasteiger partial charge in [-0.05, 0) is 91.3 Å². The number of nitrogens with zero attached hydrogens (tertiary/aromatic N) is 1. The lowest BCUT2D eigenvalue weighted by molar-refractivity contribution is 1.28. The molecule has 0 atom stereocenters. The molecule has 1 heteroatoms. The number of fused-ring (bicyclic) bond motifs is 2. The molecule has 0 N–H and O–H groups in total. The van der Waals surface area contributed by atoms with Gasteiger partial charge in [-0.2, -0.15) is 0 Å². The summed E-state index contributed by atoms with van der Waals surface area (Å²) >= 11 is 0. The SMILES string of the molecule is c1ccc(-c2cccc(N(c3cccc(-c4cccc5ccccc45)c3)c3cccc(-c4cccc5ccccc45)c3)c2)cc1. The van der Waals surface area contributed by atoms with Gasteiger partial charge in [0.15, 0.2) is 0 Å². The van der Waals surface area contributed by atoms with Gasteiger partial charge in [0, 0.05) is 17.1 Å². The van der Waals surface area contributed by atoms with E-state index in [1.54, 1.807) is 0 Å². The topological polar surface area (TPSA) is 3.24 Å². The summed E-state index contributed by atoms with van der Waals surface area (Å²) in [6.45, 7) is 0. The average Bonchev–Trinajstić information content (AvgIpc) is 3.12. The van der Waals surface area contributed by atoms with Crippen molar-refractivity contribution in [3.05, 3.63) is 188 Å². The first-order valence-corrected chi connectivity index (χ1v) is 15.4. The number of anilines is 3. The predicted molar refractivity (Wildman–Crippen MR) is 192 cm³/mol. The molecule has 0 heterocycles. The van der Waals surface area contributed by atoms with Crippen molar-refractivity contribution in [2.45, 2.75) is 0 Å². The molecule has 8 aromatic carbocycles. The molecule has 0 spiro atoms. The summed E-state index contributed by atoms with van der Waals surface area (Å²) in [5.41, 5.74) is 10.6. The Kier molecular flexibility index (Phi) is 6.90. The number of benzene rings is 8. The van der Waals surface area contributed by atoms with Gasteiger partial charge in [-0.1, -0.05) is 152 Å². The van der Waals surface area contributed by atoms with Gasteiger partial charge >= 0.3 is 0 Å². The molecule has 0 fully saturated rings. The van der Waals surface area contributed by atoms with Gasteiger partial charge in [0.1, 0.15) is 0 Å². The van der Waals surface area contributed by atoms with E-state index in [-0.39, 0.29) is 0 Å². The van der Waals surface area contributed by atoms with E-state index in [1.807, 2.05) is 0 Å². The Morgan fingerprint density at radius 3 is 1.18 bits per heavy atom. The van der Waals surface area contributed by atoms with E-state index in [1.165, 1.54) is 54.9 Å². The number of hydrogen-bond acceptors (Lipinski definition) is 1. The smallest absolute Gasteiger partial charge is 0.0467 e. The van der Waals surface area contributed by atoms with E-state index in [2.05, 4.69) is 193 Å². The molecule has 0 radical (unpaired) electrons. The van der Waals surface area contributed by atoms with Crippen molar-refractivity contribution < 1.29 is 0 Å². The molecule has 212 valence electrons. The van der Waals surface area contributed by atoms with Crippen LogP contribution in [0, 0.1) is 0 Å². The molecule has 0 unspecified atom stereocenters. The fraction of sp³-hybridized carbons (Fsp3) is 0. The Bertz CT molecular complexity index is 2150. The van der Waals surface area contributed by atoms with Gasteiger partial charge in [-0.15, -0.1) is 0 Å². The van der Waals surface area contributed by atoms with Crippen molar-refractivity contribution in [1.29, 1.82) is 0 Å². The second-order valence-corrected chi connectivity index (χ2v) is 11.4. The van der Waals surface area contributed by atoms with E-state index in [0.717, 1.165) is 17.1 Å². The molecule has 0 saturated carbocycles. The summed E-state index contributed by atoms with van der Waals surface area (Å²) in [5.74, 6) is 0. The van der Waals surface area contributed by atoms with Gasteiger partial charge in [-0.25, -0.2) is 0 Å². The van der Waals surface area contributed by atoms with Crippen LogP contribution in [0.5, 0.6) is 0 Å². The second kappa shape index (κ2) is 11.6. The van der Waals surface area contributed by atoms with Crippen LogP contribution in [0.2, 0.25) is 0 Å². The Labute approximate surface area is 264 Å². The fourth-order valence-electron chi connectivity index (χ4n) is 6.48. The van der Waals surface area contributed by atoms with Crippen LogP contribution in [-0.4, -0.2) is 0 Å². The van der Waals surface area contributed by atoms with Crippen molar-refractivity contribution in [1.82, 2.24) is 0 Å². The maximum Gasteiger partial charge on any atom is 0.0467 e. The largest absolute Gasteiger partial charge is 0.310 e. The summed E-state index contributed by atoms with van der Waals surface area (Å²) in [6.07, 6.45) is 0. The quantitative estimate of drug-likeness (QED) is 0.191. The summed E-state index contributed by atoms with van der Waals surface area (Å²) in [4.78, 5) is 2.38. The third-order valence-electron chi connectivity index (χ3n) is 8.62. The zero-order chi connectivity index (χ0) is 30.0. The normalized spacial score (nSPS) is 11.1. The van der Waals surface area contributed by atoms with Gasteiger partial charge in [0.25, 0.3) is 0 Å². The van der Waals surface area contributed by atoms with E-state index < -0.39 is 0 Å². The lowest BCUT2D eigenvalue weighted by Gasteiger charge is -2.27. The summed E-state index contributed by atoms with van der Waals surface area (Å²) in [5, 5.41) is 5.01. The Hall–Kier alpha value is -5.92. The first kappa shape index (κ1) is 26.7. The first-order valence-electron chi connectivity index (χ1n) is 15.4. The minimum Gasteiger partial charge on any atom is -0.310 e. The highest BCUT2D eigenvalue weighted by molar-refractivity contribution is 5.99. The van der Waals surface area contributed by atoms with Crippen LogP contribution >= 0.6 is 0 Å². The van der Waals surface area contributed by atoms with Crippen LogP contribution in [0.4, 0.5) is 17.1 Å². The highest BCUT2D eigenvalue weighted by atomic mass is 15.1.